The Hall–Kier alpha value is -2.81. The van der Waals surface area contributed by atoms with E-state index in [1.165, 1.54) is 12.4 Å². The Kier molecular flexibility index (Phi) is 7.00. The second-order valence-electron chi connectivity index (χ2n) is 5.18. The van der Waals surface area contributed by atoms with Crippen molar-refractivity contribution < 1.29 is 13.6 Å². The first-order valence-electron chi connectivity index (χ1n) is 8.14. The van der Waals surface area contributed by atoms with E-state index in [1.807, 2.05) is 0 Å². The maximum atomic E-state index is 12.7. The van der Waals surface area contributed by atoms with Crippen LogP contribution in [0.15, 0.2) is 46.9 Å². The molecule has 2 aromatic heterocycles. The summed E-state index contributed by atoms with van der Waals surface area (Å²) in [7, 11) is -3.41. The van der Waals surface area contributed by atoms with Gasteiger partial charge in [0.1, 0.15) is 11.4 Å². The fourth-order valence-corrected chi connectivity index (χ4v) is 3.50. The molecule has 0 atom stereocenters. The molecule has 27 heavy (non-hydrogen) atoms. The lowest BCUT2D eigenvalue weighted by Gasteiger charge is -2.16. The molecular formula is C16H22N7O3P. The number of pyridine rings is 2. The second-order valence-corrected chi connectivity index (χ2v) is 7.21. The van der Waals surface area contributed by atoms with Crippen molar-refractivity contribution >= 4 is 30.3 Å². The molecule has 0 amide bonds. The highest BCUT2D eigenvalue weighted by Crippen LogP contribution is 2.46. The van der Waals surface area contributed by atoms with Crippen LogP contribution >= 0.6 is 7.60 Å². The first-order chi connectivity index (χ1) is 12.9. The summed E-state index contributed by atoms with van der Waals surface area (Å²) in [6.45, 7) is 3.96. The van der Waals surface area contributed by atoms with E-state index < -0.39 is 7.60 Å². The number of aromatic nitrogens is 2. The minimum absolute atomic E-state index is 0.0302. The van der Waals surface area contributed by atoms with Crippen molar-refractivity contribution in [2.24, 2.45) is 21.7 Å². The Labute approximate surface area is 157 Å². The molecule has 0 aromatic carbocycles. The summed E-state index contributed by atoms with van der Waals surface area (Å²) in [4.78, 5) is 8.18. The molecule has 2 aromatic rings. The quantitative estimate of drug-likeness (QED) is 0.259. The summed E-state index contributed by atoms with van der Waals surface area (Å²) in [5.41, 5.74) is 18.5. The zero-order valence-electron chi connectivity index (χ0n) is 15.1. The Morgan fingerprint density at radius 3 is 1.89 bits per heavy atom. The van der Waals surface area contributed by atoms with Gasteiger partial charge in [0.05, 0.1) is 30.4 Å². The van der Waals surface area contributed by atoms with E-state index in [0.29, 0.717) is 22.4 Å². The molecule has 0 spiro atoms. The van der Waals surface area contributed by atoms with Gasteiger partial charge in [-0.1, -0.05) is 0 Å². The van der Waals surface area contributed by atoms with Crippen LogP contribution in [0.3, 0.4) is 0 Å². The first kappa shape index (κ1) is 20.5. The van der Waals surface area contributed by atoms with Gasteiger partial charge in [0.25, 0.3) is 0 Å². The third-order valence-corrected chi connectivity index (χ3v) is 5.33. The predicted molar refractivity (Wildman–Crippen MR) is 105 cm³/mol. The summed E-state index contributed by atoms with van der Waals surface area (Å²) in [5.74, 6) is 0.106. The second kappa shape index (κ2) is 9.22. The van der Waals surface area contributed by atoms with E-state index in [1.54, 1.807) is 38.1 Å². The average Bonchev–Trinajstić information content (AvgIpc) is 2.67. The summed E-state index contributed by atoms with van der Waals surface area (Å²) in [6, 6.07) is 6.37. The molecule has 0 aliphatic rings. The lowest BCUT2D eigenvalue weighted by Crippen LogP contribution is -2.19. The molecule has 2 rings (SSSR count). The first-order valence-corrected chi connectivity index (χ1v) is 9.68. The lowest BCUT2D eigenvalue weighted by atomic mass is 10.3. The molecule has 2 heterocycles. The van der Waals surface area contributed by atoms with Gasteiger partial charge < -0.3 is 26.2 Å². The van der Waals surface area contributed by atoms with E-state index in [9.17, 15) is 4.57 Å². The predicted octanol–water partition coefficient (Wildman–Crippen LogP) is 0.976. The average molecular weight is 391 g/mol. The van der Waals surface area contributed by atoms with Gasteiger partial charge in [0.15, 0.2) is 11.7 Å². The van der Waals surface area contributed by atoms with E-state index >= 15 is 0 Å². The van der Waals surface area contributed by atoms with Crippen molar-refractivity contribution in [3.05, 3.63) is 48.0 Å². The summed E-state index contributed by atoms with van der Waals surface area (Å²) < 4.78 is 23.2. The SMILES string of the molecule is CCOP(=O)(OCC)c1ccc(/C(N)=N/N=C(\N)c2ccc(N)cn2)nc1. The Bertz CT molecular complexity index is 857. The molecule has 0 aliphatic carbocycles. The van der Waals surface area contributed by atoms with Crippen LogP contribution in [0, 0.1) is 0 Å². The van der Waals surface area contributed by atoms with Crippen LogP contribution in [0.1, 0.15) is 25.2 Å². The number of hydrogen-bond acceptors (Lipinski definition) is 8. The van der Waals surface area contributed by atoms with Crippen molar-refractivity contribution in [3.63, 3.8) is 0 Å². The van der Waals surface area contributed by atoms with Crippen LogP contribution in [0.2, 0.25) is 0 Å². The van der Waals surface area contributed by atoms with E-state index in [0.717, 1.165) is 0 Å². The molecule has 0 fully saturated rings. The number of rotatable bonds is 8. The maximum absolute atomic E-state index is 12.7. The highest BCUT2D eigenvalue weighted by atomic mass is 31.2. The number of nitrogen functional groups attached to an aromatic ring is 1. The highest BCUT2D eigenvalue weighted by Gasteiger charge is 2.27. The molecule has 0 radical (unpaired) electrons. The van der Waals surface area contributed by atoms with Gasteiger partial charge in [0.2, 0.25) is 0 Å². The minimum atomic E-state index is -3.41. The molecule has 0 saturated heterocycles. The topological polar surface area (TPSA) is 164 Å². The Morgan fingerprint density at radius 2 is 1.48 bits per heavy atom. The largest absolute Gasteiger partial charge is 0.397 e. The molecule has 0 unspecified atom stereocenters. The number of anilines is 1. The standard InChI is InChI=1S/C16H22N7O3P/c1-3-25-27(24,26-4-2)12-6-8-14(21-10-12)16(19)23-22-15(18)13-7-5-11(17)9-20-13/h5-10H,3-4,17H2,1-2H3,(H2,18,22)(H2,19,23). The van der Waals surface area contributed by atoms with Gasteiger partial charge in [-0.25, -0.2) is 0 Å². The molecule has 0 saturated carbocycles. The smallest absolute Gasteiger partial charge is 0.362 e. The lowest BCUT2D eigenvalue weighted by molar-refractivity contribution is 0.230. The van der Waals surface area contributed by atoms with E-state index in [4.69, 9.17) is 26.2 Å². The number of nitrogens with two attached hydrogens (primary N) is 3. The van der Waals surface area contributed by atoms with Crippen molar-refractivity contribution in [1.29, 1.82) is 0 Å². The van der Waals surface area contributed by atoms with Crippen LogP contribution in [0.25, 0.3) is 0 Å². The molecular weight excluding hydrogens is 369 g/mol. The van der Waals surface area contributed by atoms with Crippen LogP contribution in [0.4, 0.5) is 5.69 Å². The third kappa shape index (κ3) is 5.33. The number of amidine groups is 2. The minimum Gasteiger partial charge on any atom is -0.397 e. The van der Waals surface area contributed by atoms with Crippen LogP contribution in [-0.2, 0) is 13.6 Å². The zero-order valence-corrected chi connectivity index (χ0v) is 16.0. The van der Waals surface area contributed by atoms with Gasteiger partial charge in [-0.15, -0.1) is 10.2 Å². The molecule has 144 valence electrons. The van der Waals surface area contributed by atoms with Crippen molar-refractivity contribution in [2.75, 3.05) is 18.9 Å². The Morgan fingerprint density at radius 1 is 0.963 bits per heavy atom. The summed E-state index contributed by atoms with van der Waals surface area (Å²) in [5, 5.41) is 8.02. The molecule has 10 nitrogen and oxygen atoms in total. The van der Waals surface area contributed by atoms with E-state index in [-0.39, 0.29) is 24.9 Å². The van der Waals surface area contributed by atoms with E-state index in [2.05, 4.69) is 20.2 Å². The molecule has 11 heteroatoms. The van der Waals surface area contributed by atoms with Gasteiger partial charge in [-0.05, 0) is 38.1 Å². The fraction of sp³-hybridized carbons (Fsp3) is 0.250. The van der Waals surface area contributed by atoms with Gasteiger partial charge in [-0.2, -0.15) is 0 Å². The molecule has 0 aliphatic heterocycles. The monoisotopic (exact) mass is 391 g/mol. The van der Waals surface area contributed by atoms with Gasteiger partial charge in [0, 0.05) is 6.20 Å². The normalized spacial score (nSPS) is 13.0. The highest BCUT2D eigenvalue weighted by molar-refractivity contribution is 7.62. The number of nitrogens with zero attached hydrogens (tertiary/aromatic N) is 4. The van der Waals surface area contributed by atoms with Gasteiger partial charge >= 0.3 is 7.60 Å². The maximum Gasteiger partial charge on any atom is 0.362 e. The fourth-order valence-electron chi connectivity index (χ4n) is 1.99. The third-order valence-electron chi connectivity index (χ3n) is 3.24. The van der Waals surface area contributed by atoms with Crippen LogP contribution in [-0.4, -0.2) is 34.9 Å². The summed E-state index contributed by atoms with van der Waals surface area (Å²) >= 11 is 0. The summed E-state index contributed by atoms with van der Waals surface area (Å²) in [6.07, 6.45) is 2.83. The molecule has 0 bridgehead atoms. The van der Waals surface area contributed by atoms with Crippen molar-refractivity contribution in [2.45, 2.75) is 13.8 Å². The van der Waals surface area contributed by atoms with Crippen LogP contribution in [0.5, 0.6) is 0 Å². The Balaban J connectivity index is 2.20. The van der Waals surface area contributed by atoms with Crippen LogP contribution < -0.4 is 22.5 Å². The van der Waals surface area contributed by atoms with Crippen molar-refractivity contribution in [1.82, 2.24) is 9.97 Å². The molecule has 6 N–H and O–H groups in total. The van der Waals surface area contributed by atoms with Crippen molar-refractivity contribution in [3.8, 4) is 0 Å². The number of hydrogen-bond donors (Lipinski definition) is 3. The zero-order chi connectivity index (χ0) is 19.9. The van der Waals surface area contributed by atoms with Gasteiger partial charge in [-0.3, -0.25) is 14.5 Å².